The topological polar surface area (TPSA) is 51.2 Å². The molecule has 0 aliphatic heterocycles. The van der Waals surface area contributed by atoms with E-state index in [0.29, 0.717) is 17.1 Å². The van der Waals surface area contributed by atoms with Crippen LogP contribution in [0.5, 0.6) is 5.75 Å². The molecule has 0 atom stereocenters. The van der Waals surface area contributed by atoms with Crippen LogP contribution in [0.4, 0.5) is 5.69 Å². The number of nitrogens with zero attached hydrogens (tertiary/aromatic N) is 1. The summed E-state index contributed by atoms with van der Waals surface area (Å²) < 4.78 is 6.39. The molecule has 0 fully saturated rings. The maximum Gasteiger partial charge on any atom is 0.227 e. The van der Waals surface area contributed by atoms with Crippen LogP contribution in [-0.2, 0) is 4.79 Å². The average molecular weight is 333 g/mol. The van der Waals surface area contributed by atoms with Crippen molar-refractivity contribution in [1.82, 2.24) is 4.98 Å². The standard InChI is InChI=1S/C16H13ClN2O2S/c17-12-6-7-13(16-15(12)18-10-22-16)19-14(20)8-9-21-11-4-2-1-3-5-11/h1-7,10H,8-9H2,(H,19,20). The molecule has 0 bridgehead atoms. The van der Waals surface area contributed by atoms with E-state index in [0.717, 1.165) is 16.1 Å². The summed E-state index contributed by atoms with van der Waals surface area (Å²) in [4.78, 5) is 16.2. The molecule has 4 nitrogen and oxygen atoms in total. The highest BCUT2D eigenvalue weighted by molar-refractivity contribution is 7.17. The number of halogens is 1. The van der Waals surface area contributed by atoms with Gasteiger partial charge in [0.2, 0.25) is 5.91 Å². The number of nitrogens with one attached hydrogen (secondary N) is 1. The zero-order valence-corrected chi connectivity index (χ0v) is 13.2. The van der Waals surface area contributed by atoms with E-state index < -0.39 is 0 Å². The molecule has 0 spiro atoms. The van der Waals surface area contributed by atoms with Gasteiger partial charge in [-0.15, -0.1) is 11.3 Å². The third-order valence-electron chi connectivity index (χ3n) is 3.05. The molecule has 3 aromatic rings. The number of carbonyl (C=O) groups excluding carboxylic acids is 1. The lowest BCUT2D eigenvalue weighted by atomic mass is 10.3. The Kier molecular flexibility index (Phi) is 4.56. The first-order valence-corrected chi connectivity index (χ1v) is 7.99. The van der Waals surface area contributed by atoms with E-state index >= 15 is 0 Å². The lowest BCUT2D eigenvalue weighted by molar-refractivity contribution is -0.116. The molecule has 1 amide bonds. The van der Waals surface area contributed by atoms with Gasteiger partial charge in [0, 0.05) is 0 Å². The van der Waals surface area contributed by atoms with Crippen LogP contribution in [0.25, 0.3) is 10.2 Å². The number of para-hydroxylation sites is 1. The van der Waals surface area contributed by atoms with Gasteiger partial charge < -0.3 is 10.1 Å². The first-order chi connectivity index (χ1) is 10.7. The van der Waals surface area contributed by atoms with Crippen LogP contribution in [0, 0.1) is 0 Å². The second kappa shape index (κ2) is 6.77. The Labute approximate surface area is 136 Å². The van der Waals surface area contributed by atoms with Gasteiger partial charge in [0.05, 0.1) is 33.9 Å². The van der Waals surface area contributed by atoms with Gasteiger partial charge in [-0.2, -0.15) is 0 Å². The van der Waals surface area contributed by atoms with Crippen molar-refractivity contribution in [3.8, 4) is 5.75 Å². The van der Waals surface area contributed by atoms with E-state index in [1.165, 1.54) is 11.3 Å². The second-order valence-electron chi connectivity index (χ2n) is 4.58. The Morgan fingerprint density at radius 1 is 1.23 bits per heavy atom. The molecule has 112 valence electrons. The van der Waals surface area contributed by atoms with Gasteiger partial charge >= 0.3 is 0 Å². The van der Waals surface area contributed by atoms with Crippen molar-refractivity contribution < 1.29 is 9.53 Å². The fourth-order valence-electron chi connectivity index (χ4n) is 2.01. The normalized spacial score (nSPS) is 10.6. The summed E-state index contributed by atoms with van der Waals surface area (Å²) in [5, 5.41) is 3.46. The van der Waals surface area contributed by atoms with Crippen molar-refractivity contribution >= 4 is 44.7 Å². The Bertz CT molecular complexity index is 789. The van der Waals surface area contributed by atoms with Crippen LogP contribution in [0.15, 0.2) is 48.0 Å². The molecule has 1 N–H and O–H groups in total. The summed E-state index contributed by atoms with van der Waals surface area (Å²) in [6, 6.07) is 12.9. The lowest BCUT2D eigenvalue weighted by Crippen LogP contribution is -2.15. The SMILES string of the molecule is O=C(CCOc1ccccc1)Nc1ccc(Cl)c2ncsc12. The zero-order valence-electron chi connectivity index (χ0n) is 11.6. The molecule has 0 unspecified atom stereocenters. The minimum absolute atomic E-state index is 0.104. The largest absolute Gasteiger partial charge is 0.493 e. The Hall–Kier alpha value is -2.11. The molecule has 6 heteroatoms. The van der Waals surface area contributed by atoms with Gasteiger partial charge in [-0.1, -0.05) is 29.8 Å². The van der Waals surface area contributed by atoms with E-state index in [4.69, 9.17) is 16.3 Å². The van der Waals surface area contributed by atoms with E-state index in [-0.39, 0.29) is 12.3 Å². The fraction of sp³-hybridized carbons (Fsp3) is 0.125. The van der Waals surface area contributed by atoms with Gasteiger partial charge in [0.25, 0.3) is 0 Å². The molecule has 0 saturated carbocycles. The van der Waals surface area contributed by atoms with Crippen molar-refractivity contribution in [1.29, 1.82) is 0 Å². The number of rotatable bonds is 5. The number of benzene rings is 2. The van der Waals surface area contributed by atoms with Crippen molar-refractivity contribution in [2.24, 2.45) is 0 Å². The number of fused-ring (bicyclic) bond motifs is 1. The summed E-state index contributed by atoms with van der Waals surface area (Å²) >= 11 is 7.52. The number of carbonyl (C=O) groups is 1. The minimum Gasteiger partial charge on any atom is -0.493 e. The van der Waals surface area contributed by atoms with Gasteiger partial charge in [-0.3, -0.25) is 4.79 Å². The van der Waals surface area contributed by atoms with Crippen molar-refractivity contribution in [2.75, 3.05) is 11.9 Å². The maximum atomic E-state index is 12.0. The van der Waals surface area contributed by atoms with E-state index in [9.17, 15) is 4.79 Å². The number of thiazole rings is 1. The van der Waals surface area contributed by atoms with Crippen LogP contribution in [0.2, 0.25) is 5.02 Å². The highest BCUT2D eigenvalue weighted by Crippen LogP contribution is 2.32. The lowest BCUT2D eigenvalue weighted by Gasteiger charge is -2.08. The third-order valence-corrected chi connectivity index (χ3v) is 4.21. The van der Waals surface area contributed by atoms with Gasteiger partial charge in [-0.25, -0.2) is 4.98 Å². The number of hydrogen-bond donors (Lipinski definition) is 1. The van der Waals surface area contributed by atoms with Gasteiger partial charge in [-0.05, 0) is 24.3 Å². The first kappa shape index (κ1) is 14.8. The molecule has 22 heavy (non-hydrogen) atoms. The molecule has 1 heterocycles. The maximum absolute atomic E-state index is 12.0. The van der Waals surface area contributed by atoms with E-state index in [1.54, 1.807) is 17.6 Å². The van der Waals surface area contributed by atoms with Crippen LogP contribution >= 0.6 is 22.9 Å². The summed E-state index contributed by atoms with van der Waals surface area (Å²) in [6.07, 6.45) is 0.276. The first-order valence-electron chi connectivity index (χ1n) is 6.73. The predicted molar refractivity (Wildman–Crippen MR) is 89.8 cm³/mol. The molecule has 0 saturated heterocycles. The smallest absolute Gasteiger partial charge is 0.227 e. The average Bonchev–Trinajstić information content (AvgIpc) is 3.02. The highest BCUT2D eigenvalue weighted by atomic mass is 35.5. The van der Waals surface area contributed by atoms with Crippen LogP contribution in [0.3, 0.4) is 0 Å². The van der Waals surface area contributed by atoms with Crippen LogP contribution < -0.4 is 10.1 Å². The Morgan fingerprint density at radius 2 is 2.05 bits per heavy atom. The molecule has 1 aromatic heterocycles. The number of aromatic nitrogens is 1. The van der Waals surface area contributed by atoms with Crippen molar-refractivity contribution in [2.45, 2.75) is 6.42 Å². The molecule has 3 rings (SSSR count). The Morgan fingerprint density at radius 3 is 2.86 bits per heavy atom. The molecular formula is C16H13ClN2O2S. The van der Waals surface area contributed by atoms with Crippen molar-refractivity contribution in [3.05, 3.63) is 53.0 Å². The van der Waals surface area contributed by atoms with Crippen molar-refractivity contribution in [3.63, 3.8) is 0 Å². The molecule has 0 aliphatic rings. The van der Waals surface area contributed by atoms with E-state index in [2.05, 4.69) is 10.3 Å². The number of anilines is 1. The third kappa shape index (κ3) is 3.37. The number of ether oxygens (including phenoxy) is 1. The molecule has 0 radical (unpaired) electrons. The van der Waals surface area contributed by atoms with E-state index in [1.807, 2.05) is 30.3 Å². The Balaban J connectivity index is 1.59. The quantitative estimate of drug-likeness (QED) is 0.755. The summed E-state index contributed by atoms with van der Waals surface area (Å²) in [7, 11) is 0. The number of hydrogen-bond acceptors (Lipinski definition) is 4. The second-order valence-corrected chi connectivity index (χ2v) is 5.85. The number of amides is 1. The minimum atomic E-state index is -0.104. The highest BCUT2D eigenvalue weighted by Gasteiger charge is 2.10. The fourth-order valence-corrected chi connectivity index (χ4v) is 3.05. The summed E-state index contributed by atoms with van der Waals surface area (Å²) in [6.45, 7) is 0.329. The van der Waals surface area contributed by atoms with Gasteiger partial charge in [0.15, 0.2) is 0 Å². The summed E-state index contributed by atoms with van der Waals surface area (Å²) in [5.74, 6) is 0.652. The monoisotopic (exact) mass is 332 g/mol. The predicted octanol–water partition coefficient (Wildman–Crippen LogP) is 4.36. The molecular weight excluding hydrogens is 320 g/mol. The molecule has 2 aromatic carbocycles. The van der Waals surface area contributed by atoms with Crippen LogP contribution in [0.1, 0.15) is 6.42 Å². The zero-order chi connectivity index (χ0) is 15.4. The molecule has 0 aliphatic carbocycles. The summed E-state index contributed by atoms with van der Waals surface area (Å²) in [5.41, 5.74) is 3.15. The van der Waals surface area contributed by atoms with Gasteiger partial charge in [0.1, 0.15) is 11.3 Å². The van der Waals surface area contributed by atoms with Crippen LogP contribution in [-0.4, -0.2) is 17.5 Å².